The smallest absolute Gasteiger partial charge is 0.246 e. The average Bonchev–Trinajstić information content (AvgIpc) is 3.15. The third kappa shape index (κ3) is 3.14. The van der Waals surface area contributed by atoms with Gasteiger partial charge >= 0.3 is 0 Å². The van der Waals surface area contributed by atoms with E-state index in [1.807, 2.05) is 29.7 Å². The van der Waals surface area contributed by atoms with E-state index in [1.54, 1.807) is 16.2 Å². The number of ether oxygens (including phenoxy) is 1. The molecule has 1 spiro atoms. The second kappa shape index (κ2) is 7.70. The lowest BCUT2D eigenvalue weighted by molar-refractivity contribution is -0.142. The molecule has 2 saturated carbocycles. The molecule has 0 unspecified atom stereocenters. The van der Waals surface area contributed by atoms with Crippen molar-refractivity contribution in [1.82, 2.24) is 15.5 Å². The second-order valence-electron chi connectivity index (χ2n) is 9.82. The molecule has 3 aliphatic heterocycles. The maximum atomic E-state index is 13.7. The van der Waals surface area contributed by atoms with Gasteiger partial charge in [-0.2, -0.15) is 0 Å². The van der Waals surface area contributed by atoms with Crippen LogP contribution >= 0.6 is 11.3 Å². The quantitative estimate of drug-likeness (QED) is 0.644. The van der Waals surface area contributed by atoms with Gasteiger partial charge in [0.2, 0.25) is 17.7 Å². The van der Waals surface area contributed by atoms with Crippen LogP contribution in [0.1, 0.15) is 49.8 Å². The molecule has 8 heteroatoms. The highest BCUT2D eigenvalue weighted by atomic mass is 32.1. The normalized spacial score (nSPS) is 35.9. The van der Waals surface area contributed by atoms with Crippen molar-refractivity contribution in [1.29, 1.82) is 0 Å². The third-order valence-corrected chi connectivity index (χ3v) is 8.65. The van der Waals surface area contributed by atoms with Crippen LogP contribution in [-0.4, -0.2) is 52.5 Å². The van der Waals surface area contributed by atoms with E-state index in [0.29, 0.717) is 6.54 Å². The fourth-order valence-corrected chi connectivity index (χ4v) is 6.83. The summed E-state index contributed by atoms with van der Waals surface area (Å²) in [5, 5.41) is 8.20. The third-order valence-electron chi connectivity index (χ3n) is 7.77. The predicted octanol–water partition coefficient (Wildman–Crippen LogP) is 2.13. The Kier molecular flexibility index (Phi) is 4.91. The Balaban J connectivity index is 1.26. The van der Waals surface area contributed by atoms with Gasteiger partial charge in [-0.3, -0.25) is 14.4 Å². The van der Waals surface area contributed by atoms with E-state index >= 15 is 0 Å². The molecule has 4 fully saturated rings. The Labute approximate surface area is 191 Å². The molecule has 2 N–H and O–H groups in total. The van der Waals surface area contributed by atoms with Crippen LogP contribution in [0.2, 0.25) is 0 Å². The van der Waals surface area contributed by atoms with Crippen molar-refractivity contribution in [2.45, 2.75) is 81.3 Å². The molecule has 1 aromatic rings. The number of fused-ring (bicyclic) bond motifs is 1. The van der Waals surface area contributed by atoms with Crippen LogP contribution in [0.5, 0.6) is 0 Å². The van der Waals surface area contributed by atoms with Crippen molar-refractivity contribution in [2.75, 3.05) is 0 Å². The summed E-state index contributed by atoms with van der Waals surface area (Å²) in [7, 11) is 0. The number of carbonyl (C=O) groups excluding carboxylic acids is 3. The number of amides is 3. The molecule has 5 atom stereocenters. The minimum absolute atomic E-state index is 0.0791. The van der Waals surface area contributed by atoms with Crippen molar-refractivity contribution < 1.29 is 19.1 Å². The van der Waals surface area contributed by atoms with Crippen molar-refractivity contribution in [2.24, 2.45) is 11.8 Å². The maximum absolute atomic E-state index is 13.7. The number of carbonyl (C=O) groups is 3. The van der Waals surface area contributed by atoms with Crippen LogP contribution in [0.15, 0.2) is 29.7 Å². The summed E-state index contributed by atoms with van der Waals surface area (Å²) in [4.78, 5) is 43.3. The molecule has 7 nitrogen and oxygen atoms in total. The second-order valence-corrected chi connectivity index (χ2v) is 10.9. The summed E-state index contributed by atoms with van der Waals surface area (Å²) in [6.07, 6.45) is 10.6. The number of hydrogen-bond donors (Lipinski definition) is 2. The van der Waals surface area contributed by atoms with Crippen LogP contribution in [0.4, 0.5) is 0 Å². The van der Waals surface area contributed by atoms with Gasteiger partial charge in [0.1, 0.15) is 11.6 Å². The Morgan fingerprint density at radius 1 is 1.16 bits per heavy atom. The molecule has 6 rings (SSSR count). The summed E-state index contributed by atoms with van der Waals surface area (Å²) in [5.74, 6) is -1.62. The molecule has 4 heterocycles. The molecule has 2 aliphatic carbocycles. The van der Waals surface area contributed by atoms with E-state index < -0.39 is 29.6 Å². The lowest BCUT2D eigenvalue weighted by Crippen LogP contribution is -2.57. The zero-order valence-corrected chi connectivity index (χ0v) is 18.8. The highest BCUT2D eigenvalue weighted by molar-refractivity contribution is 7.09. The SMILES string of the molecule is O=C(NCc1cccs1)[C@H]1[C@H]2C(=O)N(C3CC3)[C@@H](C(=O)NC3CCCCC3)[C@@]23C=C[C@H]1O3. The van der Waals surface area contributed by atoms with Crippen LogP contribution in [0, 0.1) is 11.8 Å². The molecule has 5 aliphatic rings. The Morgan fingerprint density at radius 3 is 2.69 bits per heavy atom. The first-order chi connectivity index (χ1) is 15.6. The summed E-state index contributed by atoms with van der Waals surface area (Å²) < 4.78 is 6.36. The zero-order valence-electron chi connectivity index (χ0n) is 18.0. The van der Waals surface area contributed by atoms with E-state index in [0.717, 1.165) is 43.4 Å². The Bertz CT molecular complexity index is 952. The first-order valence-corrected chi connectivity index (χ1v) is 12.8. The molecule has 1 aromatic heterocycles. The van der Waals surface area contributed by atoms with Crippen molar-refractivity contribution >= 4 is 29.1 Å². The van der Waals surface area contributed by atoms with Crippen LogP contribution in [0.25, 0.3) is 0 Å². The largest absolute Gasteiger partial charge is 0.359 e. The van der Waals surface area contributed by atoms with E-state index in [4.69, 9.17) is 4.74 Å². The zero-order chi connectivity index (χ0) is 21.9. The van der Waals surface area contributed by atoms with Gasteiger partial charge in [0.25, 0.3) is 0 Å². The van der Waals surface area contributed by atoms with Gasteiger partial charge in [0.05, 0.1) is 24.5 Å². The van der Waals surface area contributed by atoms with Crippen molar-refractivity contribution in [3.63, 3.8) is 0 Å². The minimum Gasteiger partial charge on any atom is -0.359 e. The van der Waals surface area contributed by atoms with E-state index in [1.165, 1.54) is 6.42 Å². The highest BCUT2D eigenvalue weighted by Crippen LogP contribution is 2.57. The molecule has 0 aromatic carbocycles. The van der Waals surface area contributed by atoms with Gasteiger partial charge in [0, 0.05) is 17.0 Å². The predicted molar refractivity (Wildman–Crippen MR) is 119 cm³/mol. The van der Waals surface area contributed by atoms with E-state index in [9.17, 15) is 14.4 Å². The van der Waals surface area contributed by atoms with Gasteiger partial charge < -0.3 is 20.3 Å². The van der Waals surface area contributed by atoms with E-state index in [-0.39, 0.29) is 29.8 Å². The van der Waals surface area contributed by atoms with Crippen molar-refractivity contribution in [3.05, 3.63) is 34.5 Å². The Morgan fingerprint density at radius 2 is 1.97 bits per heavy atom. The Hall–Kier alpha value is -2.19. The highest BCUT2D eigenvalue weighted by Gasteiger charge is 2.74. The molecule has 32 heavy (non-hydrogen) atoms. The lowest BCUT2D eigenvalue weighted by Gasteiger charge is -2.34. The number of nitrogens with one attached hydrogen (secondary N) is 2. The summed E-state index contributed by atoms with van der Waals surface area (Å²) in [6, 6.07) is 3.48. The lowest BCUT2D eigenvalue weighted by atomic mass is 9.74. The van der Waals surface area contributed by atoms with Gasteiger partial charge in [-0.25, -0.2) is 0 Å². The number of likely N-dealkylation sites (tertiary alicyclic amines) is 1. The maximum Gasteiger partial charge on any atom is 0.246 e. The topological polar surface area (TPSA) is 87.7 Å². The fourth-order valence-electron chi connectivity index (χ4n) is 6.18. The standard InChI is InChI=1S/C24H29N3O4S/c28-21(25-13-16-7-4-12-32-16)18-17-10-11-24(31-17)19(18)23(30)27(15-8-9-15)20(24)22(29)26-14-5-2-1-3-6-14/h4,7,10-12,14-15,17-20H,1-3,5-6,8-9,13H2,(H,25,28)(H,26,29)/t17-,18-,19+,20+,24-/m1/s1. The fraction of sp³-hybridized carbons (Fsp3) is 0.625. The minimum atomic E-state index is -1.03. The van der Waals surface area contributed by atoms with Gasteiger partial charge in [-0.05, 0) is 37.1 Å². The van der Waals surface area contributed by atoms with Gasteiger partial charge in [-0.1, -0.05) is 37.5 Å². The van der Waals surface area contributed by atoms with Crippen LogP contribution in [0.3, 0.4) is 0 Å². The molecule has 170 valence electrons. The molecule has 0 radical (unpaired) electrons. The molecular weight excluding hydrogens is 426 g/mol. The monoisotopic (exact) mass is 455 g/mol. The first-order valence-electron chi connectivity index (χ1n) is 11.9. The molecule has 3 amide bonds. The van der Waals surface area contributed by atoms with E-state index in [2.05, 4.69) is 10.6 Å². The number of hydrogen-bond acceptors (Lipinski definition) is 5. The summed E-state index contributed by atoms with van der Waals surface area (Å²) in [6.45, 7) is 0.440. The number of rotatable bonds is 6. The number of thiophene rings is 1. The molecule has 2 saturated heterocycles. The van der Waals surface area contributed by atoms with Crippen LogP contribution in [-0.2, 0) is 25.7 Å². The summed E-state index contributed by atoms with van der Waals surface area (Å²) in [5.41, 5.74) is -1.03. The van der Waals surface area contributed by atoms with Crippen molar-refractivity contribution in [3.8, 4) is 0 Å². The number of nitrogens with zero attached hydrogens (tertiary/aromatic N) is 1. The van der Waals surface area contributed by atoms with Gasteiger partial charge in [0.15, 0.2) is 0 Å². The molecular formula is C24H29N3O4S. The molecule has 2 bridgehead atoms. The summed E-state index contributed by atoms with van der Waals surface area (Å²) >= 11 is 1.59. The first kappa shape index (κ1) is 20.4. The van der Waals surface area contributed by atoms with Gasteiger partial charge in [-0.15, -0.1) is 11.3 Å². The van der Waals surface area contributed by atoms with Crippen LogP contribution < -0.4 is 10.6 Å². The average molecular weight is 456 g/mol.